The monoisotopic (exact) mass is 589 g/mol. The number of carbonyl (C=O) groups is 1. The first-order valence-electron chi connectivity index (χ1n) is 15.0. The van der Waals surface area contributed by atoms with Crippen molar-refractivity contribution in [1.82, 2.24) is 4.98 Å². The maximum atomic E-state index is 14.1. The van der Waals surface area contributed by atoms with E-state index in [1.165, 1.54) is 12.1 Å². The Morgan fingerprint density at radius 1 is 1.23 bits per heavy atom. The van der Waals surface area contributed by atoms with Gasteiger partial charge in [-0.25, -0.2) is 4.39 Å². The van der Waals surface area contributed by atoms with E-state index >= 15 is 0 Å². The number of nitrogens with zero attached hydrogens (tertiary/aromatic N) is 1. The molecule has 1 unspecified atom stereocenters. The lowest BCUT2D eigenvalue weighted by molar-refractivity contribution is -0.168. The van der Waals surface area contributed by atoms with Gasteiger partial charge in [-0.05, 0) is 74.9 Å². The molecule has 0 radical (unpaired) electrons. The van der Waals surface area contributed by atoms with Crippen LogP contribution < -0.4 is 0 Å². The number of allylic oxidation sites excluding steroid dienone is 3. The van der Waals surface area contributed by atoms with Gasteiger partial charge in [0.15, 0.2) is 6.29 Å². The number of fused-ring (bicyclic) bond motifs is 1. The van der Waals surface area contributed by atoms with Crippen LogP contribution in [0.4, 0.5) is 4.39 Å². The second-order valence-electron chi connectivity index (χ2n) is 12.4. The molecule has 0 bridgehead atoms. The molecule has 1 fully saturated rings. The number of carbonyl (C=O) groups excluding carboxylic acids is 1. The molecule has 7 heteroatoms. The first-order chi connectivity index (χ1) is 20.4. The molecule has 0 spiro atoms. The maximum absolute atomic E-state index is 14.1. The molecule has 43 heavy (non-hydrogen) atoms. The molecule has 1 saturated heterocycles. The van der Waals surface area contributed by atoms with Gasteiger partial charge in [0.1, 0.15) is 17.2 Å². The fraction of sp³-hybridized carbons (Fsp3) is 0.444. The summed E-state index contributed by atoms with van der Waals surface area (Å²) < 4.78 is 37.6. The van der Waals surface area contributed by atoms with Crippen molar-refractivity contribution < 1.29 is 28.1 Å². The quantitative estimate of drug-likeness (QED) is 0.304. The van der Waals surface area contributed by atoms with Gasteiger partial charge in [-0.1, -0.05) is 57.4 Å². The molecule has 3 heterocycles. The van der Waals surface area contributed by atoms with Crippen LogP contribution in [0, 0.1) is 11.7 Å². The predicted octanol–water partition coefficient (Wildman–Crippen LogP) is 8.18. The Morgan fingerprint density at radius 2 is 1.95 bits per heavy atom. The third kappa shape index (κ3) is 8.30. The molecule has 0 saturated carbocycles. The number of hydrogen-bond acceptors (Lipinski definition) is 6. The zero-order chi connectivity index (χ0) is 31.3. The summed E-state index contributed by atoms with van der Waals surface area (Å²) in [5.41, 5.74) is 5.66. The summed E-state index contributed by atoms with van der Waals surface area (Å²) in [5.74, 6) is 0.122. The number of benzene rings is 1. The van der Waals surface area contributed by atoms with Gasteiger partial charge >= 0.3 is 5.97 Å². The van der Waals surface area contributed by atoms with Crippen molar-refractivity contribution in [3.8, 4) is 11.1 Å². The van der Waals surface area contributed by atoms with Gasteiger partial charge in [-0.2, -0.15) is 0 Å². The Hall–Kier alpha value is -3.55. The number of halogens is 1. The van der Waals surface area contributed by atoms with Crippen LogP contribution in [0.15, 0.2) is 61.4 Å². The highest BCUT2D eigenvalue weighted by atomic mass is 19.1. The molecule has 0 amide bonds. The Labute approximate surface area is 255 Å². The summed E-state index contributed by atoms with van der Waals surface area (Å²) in [6, 6.07) is 6.58. The molecule has 4 rings (SSSR count). The molecule has 2 aliphatic rings. The van der Waals surface area contributed by atoms with Gasteiger partial charge in [-0.15, -0.1) is 0 Å². The van der Waals surface area contributed by atoms with Crippen LogP contribution in [0.2, 0.25) is 0 Å². The molecular weight excluding hydrogens is 545 g/mol. The fourth-order valence-corrected chi connectivity index (χ4v) is 5.53. The highest BCUT2D eigenvalue weighted by molar-refractivity contribution is 5.86. The Balaban J connectivity index is 1.79. The average Bonchev–Trinajstić information content (AvgIpc) is 3.19. The van der Waals surface area contributed by atoms with Crippen LogP contribution >= 0.6 is 0 Å². The van der Waals surface area contributed by atoms with E-state index in [9.17, 15) is 9.18 Å². The number of pyridine rings is 1. The van der Waals surface area contributed by atoms with E-state index in [2.05, 4.69) is 39.2 Å². The minimum absolute atomic E-state index is 0.0160. The first-order valence-corrected chi connectivity index (χ1v) is 15.0. The maximum Gasteiger partial charge on any atom is 0.308 e. The van der Waals surface area contributed by atoms with E-state index in [1.54, 1.807) is 6.08 Å². The van der Waals surface area contributed by atoms with Crippen molar-refractivity contribution in [1.29, 1.82) is 0 Å². The topological polar surface area (TPSA) is 66.9 Å². The van der Waals surface area contributed by atoms with Gasteiger partial charge in [-0.3, -0.25) is 9.78 Å². The lowest BCUT2D eigenvalue weighted by Gasteiger charge is -2.23. The molecule has 230 valence electrons. The number of hydrogen-bond donors (Lipinski definition) is 0. The molecular formula is C36H44FNO5. The van der Waals surface area contributed by atoms with Crippen molar-refractivity contribution in [2.45, 2.75) is 84.7 Å². The number of ether oxygens (including phenoxy) is 4. The van der Waals surface area contributed by atoms with Crippen LogP contribution in [-0.4, -0.2) is 42.2 Å². The van der Waals surface area contributed by atoms with Crippen LogP contribution in [0.3, 0.4) is 0 Å². The van der Waals surface area contributed by atoms with Crippen LogP contribution in [0.25, 0.3) is 22.8 Å². The van der Waals surface area contributed by atoms with E-state index in [-0.39, 0.29) is 36.1 Å². The SMILES string of the molecule is C=C/C=C1/OCCc2c(nc(C(C)C)c(/C=C/[C@H]3COC(C)O[C@@H](CC(=O)OC(C)(C)C)C3)c2-c2ccc(F)cc2)C1=C. The number of rotatable bonds is 7. The number of esters is 1. The Kier molecular flexibility index (Phi) is 10.4. The van der Waals surface area contributed by atoms with Gasteiger partial charge in [0.2, 0.25) is 0 Å². The highest BCUT2D eigenvalue weighted by Crippen LogP contribution is 2.40. The smallest absolute Gasteiger partial charge is 0.308 e. The molecule has 1 aromatic carbocycles. The van der Waals surface area contributed by atoms with Crippen molar-refractivity contribution in [3.63, 3.8) is 0 Å². The van der Waals surface area contributed by atoms with Gasteiger partial charge in [0.05, 0.1) is 37.1 Å². The summed E-state index contributed by atoms with van der Waals surface area (Å²) in [6.45, 7) is 20.7. The zero-order valence-corrected chi connectivity index (χ0v) is 26.2. The first kappa shape index (κ1) is 32.4. The summed E-state index contributed by atoms with van der Waals surface area (Å²) in [7, 11) is 0. The molecule has 1 aromatic heterocycles. The zero-order valence-electron chi connectivity index (χ0n) is 26.2. The predicted molar refractivity (Wildman–Crippen MR) is 169 cm³/mol. The summed E-state index contributed by atoms with van der Waals surface area (Å²) in [6.07, 6.45) is 8.29. The molecule has 2 aromatic rings. The summed E-state index contributed by atoms with van der Waals surface area (Å²) >= 11 is 0. The third-order valence-electron chi connectivity index (χ3n) is 7.35. The lowest BCUT2D eigenvalue weighted by atomic mass is 9.86. The standard InChI is InChI=1S/C36H44FNO5/c1-9-10-31-23(4)35-30(17-18-40-31)33(26-12-14-27(37)15-13-26)29(34(38-35)22(2)3)16-11-25-19-28(42-24(5)41-21-25)20-32(39)43-36(6,7)8/h9-16,22,24-25,28H,1,4,17-21H2,2-3,5-8H3/b16-11+,31-10+/t24?,25-,28-/m1/s1. The van der Waals surface area contributed by atoms with E-state index in [1.807, 2.05) is 45.9 Å². The van der Waals surface area contributed by atoms with Gasteiger partial charge < -0.3 is 18.9 Å². The van der Waals surface area contributed by atoms with Crippen molar-refractivity contribution >= 4 is 17.6 Å². The summed E-state index contributed by atoms with van der Waals surface area (Å²) in [5, 5.41) is 0. The minimum atomic E-state index is -0.565. The normalized spacial score (nSPS) is 22.2. The second-order valence-corrected chi connectivity index (χ2v) is 12.4. The molecule has 0 N–H and O–H groups in total. The summed E-state index contributed by atoms with van der Waals surface area (Å²) in [4.78, 5) is 17.8. The molecule has 3 atom stereocenters. The van der Waals surface area contributed by atoms with Crippen LogP contribution in [-0.2, 0) is 30.2 Å². The second kappa shape index (κ2) is 13.8. The molecule has 6 nitrogen and oxygen atoms in total. The van der Waals surface area contributed by atoms with E-state index in [0.717, 1.165) is 33.6 Å². The minimum Gasteiger partial charge on any atom is -0.493 e. The lowest BCUT2D eigenvalue weighted by Crippen LogP contribution is -2.29. The Bertz CT molecular complexity index is 1400. The average molecular weight is 590 g/mol. The van der Waals surface area contributed by atoms with Crippen LogP contribution in [0.5, 0.6) is 0 Å². The van der Waals surface area contributed by atoms with Gasteiger partial charge in [0.25, 0.3) is 0 Å². The largest absolute Gasteiger partial charge is 0.493 e. The van der Waals surface area contributed by atoms with Crippen LogP contribution in [0.1, 0.15) is 82.8 Å². The molecule has 2 aliphatic heterocycles. The Morgan fingerprint density at radius 3 is 2.60 bits per heavy atom. The highest BCUT2D eigenvalue weighted by Gasteiger charge is 2.29. The number of aromatic nitrogens is 1. The van der Waals surface area contributed by atoms with E-state index in [4.69, 9.17) is 23.9 Å². The van der Waals surface area contributed by atoms with Gasteiger partial charge in [0, 0.05) is 23.5 Å². The van der Waals surface area contributed by atoms with Crippen molar-refractivity contribution in [2.75, 3.05) is 13.2 Å². The molecule has 0 aliphatic carbocycles. The van der Waals surface area contributed by atoms with Crippen molar-refractivity contribution in [3.05, 3.63) is 89.7 Å². The fourth-order valence-electron chi connectivity index (χ4n) is 5.53. The van der Waals surface area contributed by atoms with E-state index in [0.29, 0.717) is 37.4 Å². The van der Waals surface area contributed by atoms with E-state index < -0.39 is 11.9 Å². The van der Waals surface area contributed by atoms with Crippen molar-refractivity contribution in [2.24, 2.45) is 5.92 Å². The third-order valence-corrected chi connectivity index (χ3v) is 7.35.